The van der Waals surface area contributed by atoms with Gasteiger partial charge in [-0.1, -0.05) is 12.1 Å². The van der Waals surface area contributed by atoms with Crippen LogP contribution in [0.2, 0.25) is 0 Å². The van der Waals surface area contributed by atoms with Gasteiger partial charge in [0.1, 0.15) is 11.5 Å². The second-order valence-corrected chi connectivity index (χ2v) is 6.18. The third-order valence-corrected chi connectivity index (χ3v) is 4.18. The molecule has 2 N–H and O–H groups in total. The number of benzene rings is 2. The number of carbonyl (C=O) groups is 2. The summed E-state index contributed by atoms with van der Waals surface area (Å²) < 4.78 is 10.4. The van der Waals surface area contributed by atoms with Crippen LogP contribution < -0.4 is 20.1 Å². The first kappa shape index (κ1) is 19.9. The molecule has 0 atom stereocenters. The summed E-state index contributed by atoms with van der Waals surface area (Å²) in [5.74, 6) is 0.553. The minimum atomic E-state index is -0.293. The lowest BCUT2D eigenvalue weighted by Gasteiger charge is -2.11. The first-order chi connectivity index (χ1) is 14.1. The zero-order valence-electron chi connectivity index (χ0n) is 16.1. The van der Waals surface area contributed by atoms with Gasteiger partial charge in [0, 0.05) is 36.3 Å². The van der Waals surface area contributed by atoms with Crippen molar-refractivity contribution in [2.24, 2.45) is 0 Å². The van der Waals surface area contributed by atoms with Crippen molar-refractivity contribution in [3.63, 3.8) is 0 Å². The van der Waals surface area contributed by atoms with Crippen molar-refractivity contribution >= 4 is 17.5 Å². The number of anilines is 1. The molecule has 0 aliphatic rings. The van der Waals surface area contributed by atoms with E-state index in [2.05, 4.69) is 15.6 Å². The minimum absolute atomic E-state index is 0.212. The Bertz CT molecular complexity index is 984. The summed E-state index contributed by atoms with van der Waals surface area (Å²) in [4.78, 5) is 28.7. The Morgan fingerprint density at radius 2 is 1.66 bits per heavy atom. The van der Waals surface area contributed by atoms with E-state index in [0.29, 0.717) is 34.9 Å². The van der Waals surface area contributed by atoms with E-state index in [0.717, 1.165) is 5.56 Å². The van der Waals surface area contributed by atoms with Crippen LogP contribution >= 0.6 is 0 Å². The standard InChI is InChI=1S/C22H21N3O4/c1-28-19-10-17(11-20(12-19)29-2)22(27)25-18-7-3-5-15(9-18)13-24-21(26)16-6-4-8-23-14-16/h3-12,14H,13H2,1-2H3,(H,24,26)(H,25,27). The molecule has 0 fully saturated rings. The highest BCUT2D eigenvalue weighted by Gasteiger charge is 2.11. The molecule has 0 saturated heterocycles. The van der Waals surface area contributed by atoms with Crippen molar-refractivity contribution in [2.75, 3.05) is 19.5 Å². The van der Waals surface area contributed by atoms with Gasteiger partial charge in [-0.25, -0.2) is 0 Å². The predicted molar refractivity (Wildman–Crippen MR) is 109 cm³/mol. The summed E-state index contributed by atoms with van der Waals surface area (Å²) in [5.41, 5.74) is 2.37. The van der Waals surface area contributed by atoms with Crippen LogP contribution in [0.3, 0.4) is 0 Å². The van der Waals surface area contributed by atoms with E-state index in [1.165, 1.54) is 20.4 Å². The van der Waals surface area contributed by atoms with Gasteiger partial charge in [0.05, 0.1) is 19.8 Å². The summed E-state index contributed by atoms with van der Waals surface area (Å²) >= 11 is 0. The van der Waals surface area contributed by atoms with Crippen LogP contribution in [0.1, 0.15) is 26.3 Å². The third-order valence-electron chi connectivity index (χ3n) is 4.18. The number of ether oxygens (including phenoxy) is 2. The molecular formula is C22H21N3O4. The molecule has 0 saturated carbocycles. The van der Waals surface area contributed by atoms with Crippen molar-refractivity contribution < 1.29 is 19.1 Å². The van der Waals surface area contributed by atoms with Gasteiger partial charge < -0.3 is 20.1 Å². The van der Waals surface area contributed by atoms with Crippen LogP contribution in [-0.2, 0) is 6.54 Å². The third kappa shape index (κ3) is 5.32. The lowest BCUT2D eigenvalue weighted by molar-refractivity contribution is 0.0949. The van der Waals surface area contributed by atoms with Crippen LogP contribution in [0, 0.1) is 0 Å². The number of hydrogen-bond donors (Lipinski definition) is 2. The summed E-state index contributed by atoms with van der Waals surface area (Å²) in [6.45, 7) is 0.324. The van der Waals surface area contributed by atoms with Gasteiger partial charge >= 0.3 is 0 Å². The van der Waals surface area contributed by atoms with Gasteiger partial charge in [-0.3, -0.25) is 14.6 Å². The normalized spacial score (nSPS) is 10.1. The van der Waals surface area contributed by atoms with Crippen LogP contribution in [0.25, 0.3) is 0 Å². The molecular weight excluding hydrogens is 370 g/mol. The average molecular weight is 391 g/mol. The van der Waals surface area contributed by atoms with Crippen LogP contribution in [0.15, 0.2) is 67.0 Å². The number of hydrogen-bond acceptors (Lipinski definition) is 5. The van der Waals surface area contributed by atoms with Gasteiger partial charge in [0.2, 0.25) is 0 Å². The Morgan fingerprint density at radius 3 is 2.31 bits per heavy atom. The molecule has 3 aromatic rings. The smallest absolute Gasteiger partial charge is 0.255 e. The van der Waals surface area contributed by atoms with E-state index in [4.69, 9.17) is 9.47 Å². The summed E-state index contributed by atoms with van der Waals surface area (Å²) in [7, 11) is 3.06. The molecule has 0 radical (unpaired) electrons. The van der Waals surface area contributed by atoms with Gasteiger partial charge in [0.15, 0.2) is 0 Å². The fraction of sp³-hybridized carbons (Fsp3) is 0.136. The molecule has 1 heterocycles. The second-order valence-electron chi connectivity index (χ2n) is 6.18. The Balaban J connectivity index is 1.66. The minimum Gasteiger partial charge on any atom is -0.497 e. The highest BCUT2D eigenvalue weighted by atomic mass is 16.5. The second kappa shape index (κ2) is 9.36. The Hall–Kier alpha value is -3.87. The quantitative estimate of drug-likeness (QED) is 0.645. The first-order valence-corrected chi connectivity index (χ1v) is 8.90. The fourth-order valence-electron chi connectivity index (χ4n) is 2.68. The topological polar surface area (TPSA) is 89.5 Å². The van der Waals surface area contributed by atoms with E-state index in [9.17, 15) is 9.59 Å². The number of methoxy groups -OCH3 is 2. The van der Waals surface area contributed by atoms with Crippen molar-refractivity contribution in [1.29, 1.82) is 0 Å². The molecule has 3 rings (SSSR count). The summed E-state index contributed by atoms with van der Waals surface area (Å²) in [6, 6.07) is 15.6. The van der Waals surface area contributed by atoms with Gasteiger partial charge in [0.25, 0.3) is 11.8 Å². The SMILES string of the molecule is COc1cc(OC)cc(C(=O)Nc2cccc(CNC(=O)c3cccnc3)c2)c1. The van der Waals surface area contributed by atoms with E-state index in [-0.39, 0.29) is 11.8 Å². The summed E-state index contributed by atoms with van der Waals surface area (Å²) in [5, 5.41) is 5.68. The van der Waals surface area contributed by atoms with Crippen LogP contribution in [-0.4, -0.2) is 31.0 Å². The first-order valence-electron chi connectivity index (χ1n) is 8.90. The molecule has 148 valence electrons. The van der Waals surface area contributed by atoms with Gasteiger partial charge in [-0.15, -0.1) is 0 Å². The maximum absolute atomic E-state index is 12.6. The van der Waals surface area contributed by atoms with Crippen molar-refractivity contribution in [3.05, 3.63) is 83.7 Å². The molecule has 0 aliphatic heterocycles. The number of pyridine rings is 1. The molecule has 2 aromatic carbocycles. The number of nitrogens with zero attached hydrogens (tertiary/aromatic N) is 1. The Labute approximate surface area is 168 Å². The Morgan fingerprint density at radius 1 is 0.897 bits per heavy atom. The van der Waals surface area contributed by atoms with E-state index in [1.807, 2.05) is 12.1 Å². The molecule has 0 unspecified atom stereocenters. The highest BCUT2D eigenvalue weighted by Crippen LogP contribution is 2.23. The molecule has 0 spiro atoms. The van der Waals surface area contributed by atoms with Crippen LogP contribution in [0.4, 0.5) is 5.69 Å². The molecule has 7 heteroatoms. The maximum Gasteiger partial charge on any atom is 0.255 e. The molecule has 1 aromatic heterocycles. The highest BCUT2D eigenvalue weighted by molar-refractivity contribution is 6.04. The van der Waals surface area contributed by atoms with E-state index in [1.54, 1.807) is 48.7 Å². The average Bonchev–Trinajstić information content (AvgIpc) is 2.77. The molecule has 29 heavy (non-hydrogen) atoms. The predicted octanol–water partition coefficient (Wildman–Crippen LogP) is 3.28. The molecule has 0 aliphatic carbocycles. The lowest BCUT2D eigenvalue weighted by Crippen LogP contribution is -2.23. The zero-order chi connectivity index (χ0) is 20.6. The monoisotopic (exact) mass is 391 g/mol. The Kier molecular flexibility index (Phi) is 6.42. The number of carbonyl (C=O) groups excluding carboxylic acids is 2. The van der Waals surface area contributed by atoms with Gasteiger partial charge in [-0.05, 0) is 42.0 Å². The molecule has 7 nitrogen and oxygen atoms in total. The number of nitrogens with one attached hydrogen (secondary N) is 2. The molecule has 0 bridgehead atoms. The van der Waals surface area contributed by atoms with E-state index >= 15 is 0 Å². The number of rotatable bonds is 7. The van der Waals surface area contributed by atoms with E-state index < -0.39 is 0 Å². The van der Waals surface area contributed by atoms with Crippen LogP contribution in [0.5, 0.6) is 11.5 Å². The van der Waals surface area contributed by atoms with Gasteiger partial charge in [-0.2, -0.15) is 0 Å². The zero-order valence-corrected chi connectivity index (χ0v) is 16.1. The van der Waals surface area contributed by atoms with Crippen molar-refractivity contribution in [3.8, 4) is 11.5 Å². The lowest BCUT2D eigenvalue weighted by atomic mass is 10.1. The fourth-order valence-corrected chi connectivity index (χ4v) is 2.68. The maximum atomic E-state index is 12.6. The van der Waals surface area contributed by atoms with Crippen molar-refractivity contribution in [2.45, 2.75) is 6.54 Å². The number of amides is 2. The molecule has 2 amide bonds. The number of aromatic nitrogens is 1. The van der Waals surface area contributed by atoms with Crippen molar-refractivity contribution in [1.82, 2.24) is 10.3 Å². The summed E-state index contributed by atoms with van der Waals surface area (Å²) in [6.07, 6.45) is 3.12. The largest absolute Gasteiger partial charge is 0.497 e.